The molecule has 2 heterocycles. The number of carbonyl (C=O) groups excluding carboxylic acids is 1. The van der Waals surface area contributed by atoms with Gasteiger partial charge >= 0.3 is 0 Å². The summed E-state index contributed by atoms with van der Waals surface area (Å²) in [5, 5.41) is 2.74. The van der Waals surface area contributed by atoms with E-state index in [-0.39, 0.29) is 4.90 Å². The second-order valence-corrected chi connectivity index (χ2v) is 9.33. The van der Waals surface area contributed by atoms with E-state index in [2.05, 4.69) is 20.0 Å². The number of carbonyl (C=O) groups is 1. The van der Waals surface area contributed by atoms with Crippen molar-refractivity contribution in [1.29, 1.82) is 0 Å². The molecule has 8 nitrogen and oxygen atoms in total. The molecule has 0 aliphatic rings. The molecule has 0 spiro atoms. The number of nitrogens with one attached hydrogen (secondary N) is 2. The third-order valence-corrected chi connectivity index (χ3v) is 6.47. The Morgan fingerprint density at radius 3 is 2.57 bits per heavy atom. The fourth-order valence-electron chi connectivity index (χ4n) is 2.69. The summed E-state index contributed by atoms with van der Waals surface area (Å²) in [4.78, 5) is 21.2. The minimum atomic E-state index is -3.83. The zero-order chi connectivity index (χ0) is 21.6. The van der Waals surface area contributed by atoms with E-state index >= 15 is 0 Å². The minimum absolute atomic E-state index is 0.126. The summed E-state index contributed by atoms with van der Waals surface area (Å²) in [7, 11) is -3.83. The van der Waals surface area contributed by atoms with Gasteiger partial charge in [-0.05, 0) is 49.6 Å². The minimum Gasteiger partial charge on any atom is -0.323 e. The molecule has 0 bridgehead atoms. The summed E-state index contributed by atoms with van der Waals surface area (Å²) in [6, 6.07) is 9.04. The maximum atomic E-state index is 12.8. The number of hydrogen-bond donors (Lipinski definition) is 2. The van der Waals surface area contributed by atoms with Crippen molar-refractivity contribution in [3.8, 4) is 5.82 Å². The number of aryl methyl sites for hydroxylation is 1. The topological polar surface area (TPSA) is 106 Å². The van der Waals surface area contributed by atoms with E-state index in [1.165, 1.54) is 18.3 Å². The second kappa shape index (κ2) is 9.88. The van der Waals surface area contributed by atoms with Crippen LogP contribution >= 0.6 is 11.8 Å². The van der Waals surface area contributed by atoms with Crippen LogP contribution < -0.4 is 10.0 Å². The second-order valence-electron chi connectivity index (χ2n) is 6.63. The van der Waals surface area contributed by atoms with Gasteiger partial charge in [0.15, 0.2) is 0 Å². The molecule has 0 aliphatic heterocycles. The molecule has 1 amide bonds. The van der Waals surface area contributed by atoms with Gasteiger partial charge in [-0.25, -0.2) is 18.4 Å². The molecular weight excluding hydrogens is 422 g/mol. The SMILES string of the molecule is CSCCC(NS(=O)(=O)c1ccc(C)cc1)C(=O)Nc1ccc(-n2ccnc2)nc1. The first-order valence-corrected chi connectivity index (χ1v) is 12.1. The van der Waals surface area contributed by atoms with Crippen LogP contribution in [0.25, 0.3) is 5.82 Å². The summed E-state index contributed by atoms with van der Waals surface area (Å²) in [6.07, 6.45) is 8.82. The van der Waals surface area contributed by atoms with E-state index in [9.17, 15) is 13.2 Å². The van der Waals surface area contributed by atoms with Gasteiger partial charge in [0.05, 0.1) is 16.8 Å². The zero-order valence-electron chi connectivity index (χ0n) is 16.6. The predicted octanol–water partition coefficient (Wildman–Crippen LogP) is 2.61. The summed E-state index contributed by atoms with van der Waals surface area (Å²) < 4.78 is 29.7. The van der Waals surface area contributed by atoms with Crippen molar-refractivity contribution in [3.63, 3.8) is 0 Å². The highest BCUT2D eigenvalue weighted by atomic mass is 32.2. The molecular formula is C20H23N5O3S2. The van der Waals surface area contributed by atoms with Crippen molar-refractivity contribution in [3.05, 3.63) is 66.9 Å². The summed E-state index contributed by atoms with van der Waals surface area (Å²) in [5.74, 6) is 0.855. The van der Waals surface area contributed by atoms with E-state index in [4.69, 9.17) is 0 Å². The van der Waals surface area contributed by atoms with Gasteiger partial charge in [0.1, 0.15) is 18.2 Å². The lowest BCUT2D eigenvalue weighted by atomic mass is 10.2. The molecule has 3 aromatic rings. The van der Waals surface area contributed by atoms with Crippen LogP contribution in [0.2, 0.25) is 0 Å². The van der Waals surface area contributed by atoms with Crippen molar-refractivity contribution < 1.29 is 13.2 Å². The molecule has 10 heteroatoms. The monoisotopic (exact) mass is 445 g/mol. The van der Waals surface area contributed by atoms with Crippen LogP contribution in [0.1, 0.15) is 12.0 Å². The summed E-state index contributed by atoms with van der Waals surface area (Å²) in [6.45, 7) is 1.88. The molecule has 0 aliphatic carbocycles. The quantitative estimate of drug-likeness (QED) is 0.524. The Hall–Kier alpha value is -2.69. The highest BCUT2D eigenvalue weighted by Gasteiger charge is 2.25. The van der Waals surface area contributed by atoms with Gasteiger partial charge in [0, 0.05) is 12.4 Å². The first kappa shape index (κ1) is 22.0. The van der Waals surface area contributed by atoms with Crippen molar-refractivity contribution in [2.45, 2.75) is 24.3 Å². The molecule has 2 aromatic heterocycles. The van der Waals surface area contributed by atoms with Crippen LogP contribution in [-0.4, -0.2) is 46.9 Å². The Kier molecular flexibility index (Phi) is 7.24. The Balaban J connectivity index is 1.72. The fraction of sp³-hybridized carbons (Fsp3) is 0.250. The van der Waals surface area contributed by atoms with E-state index < -0.39 is 22.0 Å². The molecule has 0 radical (unpaired) electrons. The molecule has 1 atom stereocenters. The number of anilines is 1. The van der Waals surface area contributed by atoms with Gasteiger partial charge in [0.2, 0.25) is 15.9 Å². The number of amides is 1. The predicted molar refractivity (Wildman–Crippen MR) is 118 cm³/mol. The van der Waals surface area contributed by atoms with E-state index in [0.29, 0.717) is 23.7 Å². The van der Waals surface area contributed by atoms with Gasteiger partial charge in [-0.3, -0.25) is 9.36 Å². The number of aromatic nitrogens is 3. The van der Waals surface area contributed by atoms with Crippen molar-refractivity contribution >= 4 is 33.4 Å². The average molecular weight is 446 g/mol. The normalized spacial score (nSPS) is 12.5. The van der Waals surface area contributed by atoms with Crippen molar-refractivity contribution in [2.24, 2.45) is 0 Å². The Morgan fingerprint density at radius 1 is 1.20 bits per heavy atom. The van der Waals surface area contributed by atoms with E-state index in [0.717, 1.165) is 5.56 Å². The zero-order valence-corrected chi connectivity index (χ0v) is 18.3. The first-order chi connectivity index (χ1) is 14.4. The Labute approximate surface area is 180 Å². The number of hydrogen-bond acceptors (Lipinski definition) is 6. The lowest BCUT2D eigenvalue weighted by Crippen LogP contribution is -2.44. The fourth-order valence-corrected chi connectivity index (χ4v) is 4.39. The van der Waals surface area contributed by atoms with E-state index in [1.54, 1.807) is 59.3 Å². The molecule has 1 unspecified atom stereocenters. The number of rotatable bonds is 9. The molecule has 0 fully saturated rings. The number of sulfonamides is 1. The van der Waals surface area contributed by atoms with Crippen molar-refractivity contribution in [1.82, 2.24) is 19.3 Å². The number of thioether (sulfide) groups is 1. The molecule has 30 heavy (non-hydrogen) atoms. The van der Waals surface area contributed by atoms with Crippen LogP contribution in [0.15, 0.2) is 66.2 Å². The van der Waals surface area contributed by atoms with Crippen LogP contribution in [0, 0.1) is 6.92 Å². The highest BCUT2D eigenvalue weighted by Crippen LogP contribution is 2.14. The Morgan fingerprint density at radius 2 is 1.97 bits per heavy atom. The van der Waals surface area contributed by atoms with Gasteiger partial charge in [-0.15, -0.1) is 0 Å². The van der Waals surface area contributed by atoms with Crippen LogP contribution in [0.5, 0.6) is 0 Å². The van der Waals surface area contributed by atoms with Gasteiger partial charge in [-0.1, -0.05) is 17.7 Å². The lowest BCUT2D eigenvalue weighted by Gasteiger charge is -2.18. The number of imidazole rings is 1. The van der Waals surface area contributed by atoms with Gasteiger partial charge in [0.25, 0.3) is 0 Å². The smallest absolute Gasteiger partial charge is 0.242 e. The third-order valence-electron chi connectivity index (χ3n) is 4.34. The van der Waals surface area contributed by atoms with Crippen LogP contribution in [0.3, 0.4) is 0 Å². The van der Waals surface area contributed by atoms with Gasteiger partial charge in [-0.2, -0.15) is 16.5 Å². The average Bonchev–Trinajstić information content (AvgIpc) is 3.27. The first-order valence-electron chi connectivity index (χ1n) is 9.22. The third kappa shape index (κ3) is 5.68. The molecule has 158 valence electrons. The van der Waals surface area contributed by atoms with Crippen molar-refractivity contribution in [2.75, 3.05) is 17.3 Å². The number of pyridine rings is 1. The molecule has 1 aromatic carbocycles. The maximum Gasteiger partial charge on any atom is 0.242 e. The standard InChI is InChI=1S/C20H23N5O3S2/c1-15-3-6-17(7-4-15)30(27,28)24-18(9-12-29-2)20(26)23-16-5-8-19(22-13-16)25-11-10-21-14-25/h3-8,10-11,13-14,18,24H,9,12H2,1-2H3,(H,23,26). The maximum absolute atomic E-state index is 12.8. The molecule has 3 rings (SSSR count). The number of nitrogens with zero attached hydrogens (tertiary/aromatic N) is 3. The van der Waals surface area contributed by atoms with E-state index in [1.807, 2.05) is 13.2 Å². The lowest BCUT2D eigenvalue weighted by molar-refractivity contribution is -0.117. The number of benzene rings is 1. The molecule has 0 saturated carbocycles. The summed E-state index contributed by atoms with van der Waals surface area (Å²) >= 11 is 1.54. The highest BCUT2D eigenvalue weighted by molar-refractivity contribution is 7.98. The summed E-state index contributed by atoms with van der Waals surface area (Å²) in [5.41, 5.74) is 1.44. The Bertz CT molecular complexity index is 1070. The van der Waals surface area contributed by atoms with Crippen LogP contribution in [0.4, 0.5) is 5.69 Å². The van der Waals surface area contributed by atoms with Crippen LogP contribution in [-0.2, 0) is 14.8 Å². The largest absolute Gasteiger partial charge is 0.323 e. The van der Waals surface area contributed by atoms with Gasteiger partial charge < -0.3 is 5.32 Å². The molecule has 2 N–H and O–H groups in total. The molecule has 0 saturated heterocycles.